The van der Waals surface area contributed by atoms with Gasteiger partial charge < -0.3 is 0 Å². The molecule has 0 aliphatic carbocycles. The minimum atomic E-state index is 0.520. The Balaban J connectivity index is 0.000000581. The van der Waals surface area contributed by atoms with Crippen LogP contribution in [0, 0.1) is 6.92 Å². The number of halogens is 2. The van der Waals surface area contributed by atoms with E-state index in [0.29, 0.717) is 11.5 Å². The van der Waals surface area contributed by atoms with Crippen molar-refractivity contribution in [2.75, 3.05) is 0 Å². The van der Waals surface area contributed by atoms with Crippen LogP contribution in [0.15, 0.2) is 12.1 Å². The van der Waals surface area contributed by atoms with Gasteiger partial charge in [0.05, 0.1) is 17.6 Å². The third kappa shape index (κ3) is 4.34. The van der Waals surface area contributed by atoms with Gasteiger partial charge in [-0.1, -0.05) is 39.3 Å². The maximum atomic E-state index is 5.80. The Morgan fingerprint density at radius 1 is 1.24 bits per heavy atom. The first-order chi connectivity index (χ1) is 8.22. The van der Waals surface area contributed by atoms with E-state index in [0.717, 1.165) is 16.7 Å². The standard InChI is InChI=1S/C7H6ClIN3P.2C2H6/c1-4-7-5(12(11-4)13-9)2-3-6(8)10-7;2*1-2/h2-3,13H,1H3;2*1-2H3. The Bertz CT molecular complexity index is 459. The summed E-state index contributed by atoms with van der Waals surface area (Å²) >= 11 is 8.09. The molecule has 3 nitrogen and oxygen atoms in total. The molecule has 0 amide bonds. The van der Waals surface area contributed by atoms with Gasteiger partial charge in [0, 0.05) is 0 Å². The lowest BCUT2D eigenvalue weighted by atomic mass is 10.3. The van der Waals surface area contributed by atoms with E-state index in [-0.39, 0.29) is 0 Å². The van der Waals surface area contributed by atoms with Crippen molar-refractivity contribution < 1.29 is 0 Å². The Hall–Kier alpha value is 0.0700. The van der Waals surface area contributed by atoms with E-state index in [2.05, 4.69) is 32.1 Å². The molecule has 2 aromatic rings. The van der Waals surface area contributed by atoms with Gasteiger partial charge in [-0.3, -0.25) is 0 Å². The average molecular weight is 386 g/mol. The average Bonchev–Trinajstić information content (AvgIpc) is 2.71. The molecule has 2 heterocycles. The molecular weight excluding hydrogens is 367 g/mol. The second kappa shape index (κ2) is 9.06. The van der Waals surface area contributed by atoms with Crippen LogP contribution < -0.4 is 0 Å². The van der Waals surface area contributed by atoms with E-state index < -0.39 is 0 Å². The molecule has 0 radical (unpaired) electrons. The van der Waals surface area contributed by atoms with Gasteiger partial charge in [0.15, 0.2) is 0 Å². The van der Waals surface area contributed by atoms with E-state index in [1.165, 1.54) is 0 Å². The molecule has 0 bridgehead atoms. The highest BCUT2D eigenvalue weighted by atomic mass is 127. The number of fused-ring (bicyclic) bond motifs is 1. The molecule has 0 saturated carbocycles. The SMILES string of the molecule is CC.CC.Cc1nn(PI)c2ccc(Cl)nc12. The zero-order chi connectivity index (χ0) is 13.4. The highest BCUT2D eigenvalue weighted by Gasteiger charge is 2.07. The van der Waals surface area contributed by atoms with Crippen LogP contribution in [0.1, 0.15) is 33.4 Å². The van der Waals surface area contributed by atoms with E-state index in [9.17, 15) is 0 Å². The van der Waals surface area contributed by atoms with Crippen LogP contribution in [0.5, 0.6) is 0 Å². The molecule has 1 unspecified atom stereocenters. The summed E-state index contributed by atoms with van der Waals surface area (Å²) in [4.78, 5) is 4.23. The Morgan fingerprint density at radius 3 is 2.35 bits per heavy atom. The number of rotatable bonds is 1. The first-order valence-electron chi connectivity index (χ1n) is 5.61. The lowest BCUT2D eigenvalue weighted by Gasteiger charge is -1.95. The summed E-state index contributed by atoms with van der Waals surface area (Å²) in [6.07, 6.45) is 0.594. The van der Waals surface area contributed by atoms with Crippen molar-refractivity contribution >= 4 is 51.0 Å². The number of hydrogen-bond acceptors (Lipinski definition) is 2. The normalized spacial score (nSPS) is 9.82. The quantitative estimate of drug-likeness (QED) is 0.382. The predicted octanol–water partition coefficient (Wildman–Crippen LogP) is 5.24. The molecule has 2 rings (SSSR count). The van der Waals surface area contributed by atoms with Gasteiger partial charge in [-0.2, -0.15) is 5.10 Å². The van der Waals surface area contributed by atoms with Gasteiger partial charge in [-0.05, 0) is 41.1 Å². The summed E-state index contributed by atoms with van der Waals surface area (Å²) in [6.45, 7) is 9.94. The summed E-state index contributed by atoms with van der Waals surface area (Å²) in [5.41, 5.74) is 2.88. The highest BCUT2D eigenvalue weighted by Crippen LogP contribution is 2.29. The van der Waals surface area contributed by atoms with Crippen LogP contribution in [-0.2, 0) is 0 Å². The molecule has 0 saturated heterocycles. The maximum Gasteiger partial charge on any atom is 0.129 e. The van der Waals surface area contributed by atoms with Crippen molar-refractivity contribution in [1.29, 1.82) is 0 Å². The lowest BCUT2D eigenvalue weighted by Crippen LogP contribution is -1.82. The second-order valence-electron chi connectivity index (χ2n) is 2.58. The molecule has 0 spiro atoms. The van der Waals surface area contributed by atoms with E-state index in [4.69, 9.17) is 11.6 Å². The number of pyridine rings is 1. The maximum absolute atomic E-state index is 5.80. The topological polar surface area (TPSA) is 30.7 Å². The zero-order valence-electron chi connectivity index (χ0n) is 10.8. The molecule has 0 aliphatic heterocycles. The molecule has 0 aromatic carbocycles. The van der Waals surface area contributed by atoms with Gasteiger partial charge in [-0.25, -0.2) is 9.44 Å². The second-order valence-corrected chi connectivity index (χ2v) is 5.01. The monoisotopic (exact) mass is 385 g/mol. The minimum absolute atomic E-state index is 0.520. The molecular formula is C11H18ClIN3P. The largest absolute Gasteiger partial charge is 0.236 e. The minimum Gasteiger partial charge on any atom is -0.236 e. The van der Waals surface area contributed by atoms with Crippen molar-refractivity contribution in [2.45, 2.75) is 34.6 Å². The van der Waals surface area contributed by atoms with Crippen molar-refractivity contribution in [3.8, 4) is 0 Å². The number of nitrogens with zero attached hydrogens (tertiary/aromatic N) is 3. The number of hydrogen-bond donors (Lipinski definition) is 0. The molecule has 0 aliphatic rings. The Labute approximate surface area is 123 Å². The third-order valence-corrected chi connectivity index (χ3v) is 3.82. The van der Waals surface area contributed by atoms with Crippen LogP contribution in [0.2, 0.25) is 5.15 Å². The summed E-state index contributed by atoms with van der Waals surface area (Å²) in [6, 6.07) is 3.74. The predicted molar refractivity (Wildman–Crippen MR) is 87.7 cm³/mol. The first kappa shape index (κ1) is 17.1. The molecule has 2 aromatic heterocycles. The van der Waals surface area contributed by atoms with E-state index in [1.54, 1.807) is 6.07 Å². The van der Waals surface area contributed by atoms with Gasteiger partial charge in [0.1, 0.15) is 10.7 Å². The van der Waals surface area contributed by atoms with Crippen LogP contribution in [-0.4, -0.2) is 14.5 Å². The fraction of sp³-hybridized carbons (Fsp3) is 0.455. The molecule has 6 heteroatoms. The number of aryl methyl sites for hydroxylation is 1. The molecule has 96 valence electrons. The molecule has 1 atom stereocenters. The van der Waals surface area contributed by atoms with E-state index in [1.807, 2.05) is 45.1 Å². The highest BCUT2D eigenvalue weighted by molar-refractivity contribution is 14.2. The fourth-order valence-corrected chi connectivity index (χ4v) is 2.89. The van der Waals surface area contributed by atoms with Gasteiger partial charge >= 0.3 is 0 Å². The Morgan fingerprint density at radius 2 is 1.82 bits per heavy atom. The van der Waals surface area contributed by atoms with Gasteiger partial charge in [0.2, 0.25) is 0 Å². The van der Waals surface area contributed by atoms with Crippen molar-refractivity contribution in [2.24, 2.45) is 0 Å². The van der Waals surface area contributed by atoms with E-state index >= 15 is 0 Å². The fourth-order valence-electron chi connectivity index (χ4n) is 1.18. The zero-order valence-corrected chi connectivity index (χ0v) is 14.7. The van der Waals surface area contributed by atoms with Crippen molar-refractivity contribution in [1.82, 2.24) is 14.5 Å². The Kier molecular flexibility index (Phi) is 9.10. The molecule has 17 heavy (non-hydrogen) atoms. The molecule has 0 fully saturated rings. The van der Waals surface area contributed by atoms with Crippen molar-refractivity contribution in [3.05, 3.63) is 23.0 Å². The van der Waals surface area contributed by atoms with Crippen molar-refractivity contribution in [3.63, 3.8) is 0 Å². The lowest BCUT2D eigenvalue weighted by molar-refractivity contribution is 1.00. The van der Waals surface area contributed by atoms with Gasteiger partial charge in [0.25, 0.3) is 0 Å². The van der Waals surface area contributed by atoms with Crippen LogP contribution in [0.3, 0.4) is 0 Å². The summed E-state index contributed by atoms with van der Waals surface area (Å²) < 4.78 is 1.94. The van der Waals surface area contributed by atoms with Crippen LogP contribution >= 0.6 is 40.0 Å². The van der Waals surface area contributed by atoms with Gasteiger partial charge in [-0.15, -0.1) is 0 Å². The third-order valence-electron chi connectivity index (χ3n) is 1.74. The summed E-state index contributed by atoms with van der Waals surface area (Å²) in [5, 5.41) is 4.87. The summed E-state index contributed by atoms with van der Waals surface area (Å²) in [7, 11) is 0. The van der Waals surface area contributed by atoms with Crippen LogP contribution in [0.4, 0.5) is 0 Å². The number of aromatic nitrogens is 3. The smallest absolute Gasteiger partial charge is 0.129 e. The summed E-state index contributed by atoms with van der Waals surface area (Å²) in [5.74, 6) is 0. The van der Waals surface area contributed by atoms with Crippen LogP contribution in [0.25, 0.3) is 11.0 Å². The first-order valence-corrected chi connectivity index (χ1v) is 10.0. The molecule has 0 N–H and O–H groups in total.